The predicted octanol–water partition coefficient (Wildman–Crippen LogP) is 1.57. The lowest BCUT2D eigenvalue weighted by Gasteiger charge is -2.15. The third-order valence-corrected chi connectivity index (χ3v) is 2.30. The van der Waals surface area contributed by atoms with E-state index in [4.69, 9.17) is 14.9 Å². The van der Waals surface area contributed by atoms with Crippen molar-refractivity contribution < 1.29 is 14.9 Å². The van der Waals surface area contributed by atoms with Gasteiger partial charge in [0.05, 0.1) is 0 Å². The van der Waals surface area contributed by atoms with Crippen LogP contribution < -0.4 is 0 Å². The van der Waals surface area contributed by atoms with Crippen LogP contribution in [0.2, 0.25) is 0 Å². The average Bonchev–Trinajstić information content (AvgIpc) is 2.20. The highest BCUT2D eigenvalue weighted by atomic mass is 16.5. The van der Waals surface area contributed by atoms with E-state index in [-0.39, 0.29) is 13.2 Å². The normalized spacial score (nSPS) is 13.1. The van der Waals surface area contributed by atoms with Crippen LogP contribution in [0.25, 0.3) is 0 Å². The van der Waals surface area contributed by atoms with Gasteiger partial charge in [0, 0.05) is 26.4 Å². The van der Waals surface area contributed by atoms with E-state index in [0.29, 0.717) is 5.92 Å². The summed E-state index contributed by atoms with van der Waals surface area (Å²) in [6.07, 6.45) is 4.80. The molecule has 1 atom stereocenters. The fourth-order valence-electron chi connectivity index (χ4n) is 1.37. The summed E-state index contributed by atoms with van der Waals surface area (Å²) in [5, 5.41) is 17.5. The van der Waals surface area contributed by atoms with Crippen LogP contribution in [-0.2, 0) is 4.74 Å². The van der Waals surface area contributed by atoms with Crippen LogP contribution in [0.1, 0.15) is 39.0 Å². The van der Waals surface area contributed by atoms with Gasteiger partial charge < -0.3 is 14.9 Å². The molecular weight excluding hydrogens is 180 g/mol. The Morgan fingerprint density at radius 1 is 1.07 bits per heavy atom. The van der Waals surface area contributed by atoms with Crippen LogP contribution in [0.5, 0.6) is 0 Å². The Balaban J connectivity index is 3.40. The van der Waals surface area contributed by atoms with Crippen molar-refractivity contribution in [2.45, 2.75) is 39.0 Å². The lowest BCUT2D eigenvalue weighted by atomic mass is 10.0. The van der Waals surface area contributed by atoms with E-state index in [2.05, 4.69) is 6.92 Å². The molecule has 0 heterocycles. The smallest absolute Gasteiger partial charge is 0.0495 e. The Morgan fingerprint density at radius 3 is 2.43 bits per heavy atom. The number of hydrogen-bond donors (Lipinski definition) is 2. The van der Waals surface area contributed by atoms with E-state index >= 15 is 0 Å². The van der Waals surface area contributed by atoms with Crippen molar-refractivity contribution >= 4 is 0 Å². The summed E-state index contributed by atoms with van der Waals surface area (Å²) in [5.74, 6) is 0.406. The SMILES string of the molecule is CCCCOCC(CCO)CCCO. The van der Waals surface area contributed by atoms with Crippen LogP contribution in [0.3, 0.4) is 0 Å². The molecule has 2 N–H and O–H groups in total. The Hall–Kier alpha value is -0.120. The Morgan fingerprint density at radius 2 is 1.86 bits per heavy atom. The maximum Gasteiger partial charge on any atom is 0.0495 e. The zero-order valence-electron chi connectivity index (χ0n) is 9.24. The molecule has 0 amide bonds. The first kappa shape index (κ1) is 13.9. The van der Waals surface area contributed by atoms with Crippen molar-refractivity contribution in [2.24, 2.45) is 5.92 Å². The molecule has 0 aromatic heterocycles. The van der Waals surface area contributed by atoms with Gasteiger partial charge >= 0.3 is 0 Å². The monoisotopic (exact) mass is 204 g/mol. The van der Waals surface area contributed by atoms with Gasteiger partial charge in [0.25, 0.3) is 0 Å². The molecule has 0 aliphatic carbocycles. The van der Waals surface area contributed by atoms with E-state index in [0.717, 1.165) is 45.3 Å². The summed E-state index contributed by atoms with van der Waals surface area (Å²) in [6.45, 7) is 4.13. The molecule has 3 heteroatoms. The number of hydrogen-bond acceptors (Lipinski definition) is 3. The van der Waals surface area contributed by atoms with Gasteiger partial charge in [-0.05, 0) is 31.6 Å². The van der Waals surface area contributed by atoms with Gasteiger partial charge in [-0.2, -0.15) is 0 Å². The van der Waals surface area contributed by atoms with Crippen LogP contribution in [0.4, 0.5) is 0 Å². The summed E-state index contributed by atoms with van der Waals surface area (Å²) in [5.41, 5.74) is 0. The summed E-state index contributed by atoms with van der Waals surface area (Å²) in [7, 11) is 0. The topological polar surface area (TPSA) is 49.7 Å². The van der Waals surface area contributed by atoms with Gasteiger partial charge in [-0.3, -0.25) is 0 Å². The molecule has 0 saturated heterocycles. The highest BCUT2D eigenvalue weighted by Gasteiger charge is 2.07. The summed E-state index contributed by atoms with van der Waals surface area (Å²) in [6, 6.07) is 0. The van der Waals surface area contributed by atoms with Gasteiger partial charge in [-0.25, -0.2) is 0 Å². The van der Waals surface area contributed by atoms with E-state index in [1.165, 1.54) is 0 Å². The van der Waals surface area contributed by atoms with Gasteiger partial charge in [0.1, 0.15) is 0 Å². The number of aliphatic hydroxyl groups is 2. The molecule has 14 heavy (non-hydrogen) atoms. The standard InChI is InChI=1S/C11H24O3/c1-2-3-9-14-10-11(6-8-13)5-4-7-12/h11-13H,2-10H2,1H3. The lowest BCUT2D eigenvalue weighted by molar-refractivity contribution is 0.0800. The first-order valence-electron chi connectivity index (χ1n) is 5.64. The van der Waals surface area contributed by atoms with Gasteiger partial charge in [-0.1, -0.05) is 13.3 Å². The third-order valence-electron chi connectivity index (χ3n) is 2.30. The molecule has 0 saturated carbocycles. The van der Waals surface area contributed by atoms with Gasteiger partial charge in [-0.15, -0.1) is 0 Å². The second-order valence-electron chi connectivity index (χ2n) is 3.67. The highest BCUT2D eigenvalue weighted by molar-refractivity contribution is 4.58. The minimum absolute atomic E-state index is 0.216. The Kier molecular flexibility index (Phi) is 10.9. The van der Waals surface area contributed by atoms with E-state index < -0.39 is 0 Å². The first-order chi connectivity index (χ1) is 6.85. The van der Waals surface area contributed by atoms with Crippen molar-refractivity contribution in [3.8, 4) is 0 Å². The Bertz CT molecular complexity index is 107. The second kappa shape index (κ2) is 11.0. The van der Waals surface area contributed by atoms with Crippen molar-refractivity contribution in [3.05, 3.63) is 0 Å². The summed E-state index contributed by atoms with van der Waals surface area (Å²) in [4.78, 5) is 0. The molecular formula is C11H24O3. The summed E-state index contributed by atoms with van der Waals surface area (Å²) >= 11 is 0. The van der Waals surface area contributed by atoms with E-state index in [9.17, 15) is 0 Å². The lowest BCUT2D eigenvalue weighted by Crippen LogP contribution is -2.12. The number of ether oxygens (including phenoxy) is 1. The fourth-order valence-corrected chi connectivity index (χ4v) is 1.37. The average molecular weight is 204 g/mol. The molecule has 0 spiro atoms. The zero-order valence-corrected chi connectivity index (χ0v) is 9.24. The molecule has 0 rings (SSSR count). The third kappa shape index (κ3) is 8.48. The number of rotatable bonds is 10. The minimum Gasteiger partial charge on any atom is -0.396 e. The fraction of sp³-hybridized carbons (Fsp3) is 1.00. The van der Waals surface area contributed by atoms with Gasteiger partial charge in [0.2, 0.25) is 0 Å². The van der Waals surface area contributed by atoms with E-state index in [1.54, 1.807) is 0 Å². The zero-order chi connectivity index (χ0) is 10.6. The van der Waals surface area contributed by atoms with Crippen LogP contribution in [0.15, 0.2) is 0 Å². The van der Waals surface area contributed by atoms with Crippen molar-refractivity contribution in [3.63, 3.8) is 0 Å². The molecule has 0 radical (unpaired) electrons. The highest BCUT2D eigenvalue weighted by Crippen LogP contribution is 2.11. The molecule has 0 aromatic rings. The minimum atomic E-state index is 0.216. The molecule has 0 bridgehead atoms. The maximum absolute atomic E-state index is 8.82. The molecule has 0 aliphatic heterocycles. The van der Waals surface area contributed by atoms with Crippen LogP contribution in [0, 0.1) is 5.92 Å². The van der Waals surface area contributed by atoms with Crippen LogP contribution in [-0.4, -0.2) is 36.6 Å². The molecule has 86 valence electrons. The van der Waals surface area contributed by atoms with Gasteiger partial charge in [0.15, 0.2) is 0 Å². The molecule has 0 aliphatic rings. The molecule has 1 unspecified atom stereocenters. The number of aliphatic hydroxyl groups excluding tert-OH is 2. The molecule has 3 nitrogen and oxygen atoms in total. The largest absolute Gasteiger partial charge is 0.396 e. The quantitative estimate of drug-likeness (QED) is 0.531. The van der Waals surface area contributed by atoms with Crippen molar-refractivity contribution in [1.82, 2.24) is 0 Å². The van der Waals surface area contributed by atoms with Crippen LogP contribution >= 0.6 is 0 Å². The first-order valence-corrected chi connectivity index (χ1v) is 5.64. The van der Waals surface area contributed by atoms with E-state index in [1.807, 2.05) is 0 Å². The Labute approximate surface area is 87.1 Å². The maximum atomic E-state index is 8.82. The number of unbranched alkanes of at least 4 members (excludes halogenated alkanes) is 1. The van der Waals surface area contributed by atoms with Crippen molar-refractivity contribution in [1.29, 1.82) is 0 Å². The summed E-state index contributed by atoms with van der Waals surface area (Å²) < 4.78 is 5.49. The molecule has 0 fully saturated rings. The van der Waals surface area contributed by atoms with Crippen molar-refractivity contribution in [2.75, 3.05) is 26.4 Å². The molecule has 0 aromatic carbocycles. The predicted molar refractivity (Wildman–Crippen MR) is 57.2 cm³/mol. The second-order valence-corrected chi connectivity index (χ2v) is 3.67.